The van der Waals surface area contributed by atoms with E-state index in [1.54, 1.807) is 19.3 Å². The molecule has 0 radical (unpaired) electrons. The molecule has 1 N–H and O–H groups in total. The highest BCUT2D eigenvalue weighted by Gasteiger charge is 2.16. The van der Waals surface area contributed by atoms with Gasteiger partial charge in [-0.2, -0.15) is 0 Å². The summed E-state index contributed by atoms with van der Waals surface area (Å²) >= 11 is 6.38. The number of carbonyl (C=O) groups is 1. The number of benzene rings is 1. The van der Waals surface area contributed by atoms with Crippen LogP contribution in [0.5, 0.6) is 5.75 Å². The Labute approximate surface area is 196 Å². The van der Waals surface area contributed by atoms with Gasteiger partial charge in [0.25, 0.3) is 5.56 Å². The van der Waals surface area contributed by atoms with Crippen molar-refractivity contribution in [1.29, 1.82) is 0 Å². The van der Waals surface area contributed by atoms with Gasteiger partial charge in [-0.1, -0.05) is 24.6 Å². The zero-order valence-corrected chi connectivity index (χ0v) is 19.6. The number of hydrogen-bond acceptors (Lipinski definition) is 7. The lowest BCUT2D eigenvalue weighted by Crippen LogP contribution is -2.28. The number of nitrogens with zero attached hydrogens (tertiary/aromatic N) is 4. The first-order valence-corrected chi connectivity index (χ1v) is 11.2. The molecule has 0 fully saturated rings. The van der Waals surface area contributed by atoms with Crippen molar-refractivity contribution in [2.45, 2.75) is 20.3 Å². The molecule has 0 amide bonds. The molecule has 4 rings (SSSR count). The lowest BCUT2D eigenvalue weighted by atomic mass is 10.1. The standard InChI is InChI=1S/C24H26ClN5O3/c1-4-30-9-7-16(8-10-30)22-26-13-19(25)23(28-22)27-18-5-6-20-17(11-18)12-21(24(32)29(20)3)33-14-15(2)31/h5-7,11-13H,4,8-10,14H2,1-3H3,(H,26,27,28). The lowest BCUT2D eigenvalue weighted by molar-refractivity contribution is -0.118. The van der Waals surface area contributed by atoms with Crippen molar-refractivity contribution in [3.8, 4) is 5.75 Å². The third-order valence-corrected chi connectivity index (χ3v) is 5.93. The van der Waals surface area contributed by atoms with Crippen molar-refractivity contribution in [2.24, 2.45) is 7.05 Å². The molecule has 8 nitrogen and oxygen atoms in total. The molecular formula is C24H26ClN5O3. The summed E-state index contributed by atoms with van der Waals surface area (Å²) in [5, 5.41) is 4.46. The number of ketones is 1. The fourth-order valence-corrected chi connectivity index (χ4v) is 3.90. The summed E-state index contributed by atoms with van der Waals surface area (Å²) < 4.78 is 6.91. The minimum Gasteiger partial charge on any atom is -0.480 e. The van der Waals surface area contributed by atoms with Gasteiger partial charge in [-0.15, -0.1) is 0 Å². The van der Waals surface area contributed by atoms with Gasteiger partial charge in [0.05, 0.1) is 11.7 Å². The van der Waals surface area contributed by atoms with Crippen molar-refractivity contribution < 1.29 is 9.53 Å². The second-order valence-corrected chi connectivity index (χ2v) is 8.43. The molecule has 1 aromatic carbocycles. The van der Waals surface area contributed by atoms with Gasteiger partial charge in [-0.05, 0) is 49.7 Å². The largest absolute Gasteiger partial charge is 0.480 e. The van der Waals surface area contributed by atoms with E-state index in [2.05, 4.69) is 33.2 Å². The third-order valence-electron chi connectivity index (χ3n) is 5.66. The summed E-state index contributed by atoms with van der Waals surface area (Å²) in [5.41, 5.74) is 2.30. The fourth-order valence-electron chi connectivity index (χ4n) is 3.76. The van der Waals surface area contributed by atoms with Gasteiger partial charge in [0, 0.05) is 31.2 Å². The number of pyridine rings is 1. The molecule has 0 aliphatic carbocycles. The number of likely N-dealkylation sites (N-methyl/N-ethyl adjacent to an activating group) is 1. The number of anilines is 2. The summed E-state index contributed by atoms with van der Waals surface area (Å²) in [5.74, 6) is 1.15. The maximum absolute atomic E-state index is 12.5. The summed E-state index contributed by atoms with van der Waals surface area (Å²) in [7, 11) is 1.67. The summed E-state index contributed by atoms with van der Waals surface area (Å²) in [6, 6.07) is 7.22. The number of Topliss-reactive ketones (excluding diaryl/α,β-unsaturated/α-hetero) is 1. The number of ether oxygens (including phenoxy) is 1. The molecule has 3 aromatic rings. The second kappa shape index (κ2) is 9.72. The minimum atomic E-state index is -0.296. The maximum atomic E-state index is 12.5. The van der Waals surface area contributed by atoms with E-state index in [9.17, 15) is 9.59 Å². The normalized spacial score (nSPS) is 14.2. The zero-order valence-electron chi connectivity index (χ0n) is 18.9. The Kier molecular flexibility index (Phi) is 6.76. The van der Waals surface area contributed by atoms with E-state index in [-0.39, 0.29) is 23.7 Å². The Bertz CT molecular complexity index is 1300. The van der Waals surface area contributed by atoms with Crippen LogP contribution < -0.4 is 15.6 Å². The van der Waals surface area contributed by atoms with Crippen LogP contribution in [0.3, 0.4) is 0 Å². The molecule has 1 aliphatic heterocycles. The molecule has 0 bridgehead atoms. The maximum Gasteiger partial charge on any atom is 0.293 e. The number of hydrogen-bond donors (Lipinski definition) is 1. The average molecular weight is 468 g/mol. The van der Waals surface area contributed by atoms with Crippen LogP contribution in [-0.2, 0) is 11.8 Å². The van der Waals surface area contributed by atoms with Crippen molar-refractivity contribution in [1.82, 2.24) is 19.4 Å². The molecule has 0 saturated carbocycles. The molecule has 2 aromatic heterocycles. The number of fused-ring (bicyclic) bond motifs is 1. The lowest BCUT2D eigenvalue weighted by Gasteiger charge is -2.24. The molecular weight excluding hydrogens is 442 g/mol. The van der Waals surface area contributed by atoms with E-state index in [1.165, 1.54) is 11.5 Å². The second-order valence-electron chi connectivity index (χ2n) is 8.02. The molecule has 0 atom stereocenters. The van der Waals surface area contributed by atoms with Crippen LogP contribution in [0.2, 0.25) is 5.02 Å². The molecule has 1 aliphatic rings. The Hall–Kier alpha value is -3.23. The van der Waals surface area contributed by atoms with E-state index < -0.39 is 0 Å². The number of aromatic nitrogens is 3. The zero-order chi connectivity index (χ0) is 23.5. The van der Waals surface area contributed by atoms with Crippen LogP contribution >= 0.6 is 11.6 Å². The van der Waals surface area contributed by atoms with Crippen LogP contribution in [0.25, 0.3) is 16.5 Å². The first-order chi connectivity index (χ1) is 15.9. The first-order valence-electron chi connectivity index (χ1n) is 10.8. The Balaban J connectivity index is 1.63. The molecule has 0 saturated heterocycles. The van der Waals surface area contributed by atoms with Crippen molar-refractivity contribution in [3.05, 3.63) is 57.7 Å². The number of carbonyl (C=O) groups excluding carboxylic acids is 1. The van der Waals surface area contributed by atoms with Gasteiger partial charge < -0.3 is 14.6 Å². The van der Waals surface area contributed by atoms with Crippen LogP contribution in [0.15, 0.2) is 41.3 Å². The highest BCUT2D eigenvalue weighted by atomic mass is 35.5. The predicted octanol–water partition coefficient (Wildman–Crippen LogP) is 3.80. The SMILES string of the molecule is CCN1CC=C(c2ncc(Cl)c(Nc3ccc4c(c3)cc(OCC(C)=O)c(=O)n4C)n2)CC1. The Morgan fingerprint density at radius 1 is 1.30 bits per heavy atom. The third kappa shape index (κ3) is 5.07. The number of aryl methyl sites for hydroxylation is 1. The van der Waals surface area contributed by atoms with Gasteiger partial charge >= 0.3 is 0 Å². The highest BCUT2D eigenvalue weighted by Crippen LogP contribution is 2.28. The topological polar surface area (TPSA) is 89.4 Å². The van der Waals surface area contributed by atoms with Gasteiger partial charge in [0.15, 0.2) is 23.2 Å². The van der Waals surface area contributed by atoms with Crippen LogP contribution in [0.4, 0.5) is 11.5 Å². The van der Waals surface area contributed by atoms with E-state index in [0.717, 1.165) is 48.2 Å². The number of nitrogens with one attached hydrogen (secondary N) is 1. The van der Waals surface area contributed by atoms with Crippen molar-refractivity contribution in [2.75, 3.05) is 31.6 Å². The summed E-state index contributed by atoms with van der Waals surface area (Å²) in [6.45, 7) is 6.31. The molecule has 0 unspecified atom stereocenters. The molecule has 33 heavy (non-hydrogen) atoms. The molecule has 3 heterocycles. The quantitative estimate of drug-likeness (QED) is 0.565. The smallest absolute Gasteiger partial charge is 0.293 e. The summed E-state index contributed by atoms with van der Waals surface area (Å²) in [6.07, 6.45) is 4.67. The summed E-state index contributed by atoms with van der Waals surface area (Å²) in [4.78, 5) is 35.2. The van der Waals surface area contributed by atoms with Crippen LogP contribution in [0, 0.1) is 0 Å². The fraction of sp³-hybridized carbons (Fsp3) is 0.333. The van der Waals surface area contributed by atoms with Gasteiger partial charge in [0.1, 0.15) is 11.6 Å². The van der Waals surface area contributed by atoms with Crippen molar-refractivity contribution >= 4 is 45.4 Å². The average Bonchev–Trinajstić information content (AvgIpc) is 2.82. The monoisotopic (exact) mass is 467 g/mol. The van der Waals surface area contributed by atoms with E-state index in [1.807, 2.05) is 18.2 Å². The van der Waals surface area contributed by atoms with Crippen LogP contribution in [-0.4, -0.2) is 51.5 Å². The van der Waals surface area contributed by atoms with Gasteiger partial charge in [-0.3, -0.25) is 14.5 Å². The highest BCUT2D eigenvalue weighted by molar-refractivity contribution is 6.32. The van der Waals surface area contributed by atoms with E-state index in [0.29, 0.717) is 16.7 Å². The van der Waals surface area contributed by atoms with E-state index >= 15 is 0 Å². The number of halogens is 1. The predicted molar refractivity (Wildman–Crippen MR) is 130 cm³/mol. The minimum absolute atomic E-state index is 0.130. The first kappa shape index (κ1) is 22.9. The van der Waals surface area contributed by atoms with E-state index in [4.69, 9.17) is 16.3 Å². The number of rotatable bonds is 7. The Morgan fingerprint density at radius 2 is 2.12 bits per heavy atom. The Morgan fingerprint density at radius 3 is 2.82 bits per heavy atom. The van der Waals surface area contributed by atoms with Gasteiger partial charge in [0.2, 0.25) is 0 Å². The molecule has 9 heteroatoms. The van der Waals surface area contributed by atoms with Crippen LogP contribution in [0.1, 0.15) is 26.1 Å². The van der Waals surface area contributed by atoms with Gasteiger partial charge in [-0.25, -0.2) is 9.97 Å². The van der Waals surface area contributed by atoms with Crippen molar-refractivity contribution in [3.63, 3.8) is 0 Å². The molecule has 0 spiro atoms. The molecule has 172 valence electrons.